The number of benzene rings is 2. The molecule has 0 radical (unpaired) electrons. The van der Waals surface area contributed by atoms with Crippen LogP contribution in [0.1, 0.15) is 43.8 Å². The lowest BCUT2D eigenvalue weighted by molar-refractivity contribution is 0.148. The van der Waals surface area contributed by atoms with Gasteiger partial charge in [0.2, 0.25) is 5.88 Å². The topological polar surface area (TPSA) is 59.1 Å². The monoisotopic (exact) mass is 390 g/mol. The molecule has 5 nitrogen and oxygen atoms in total. The molecule has 1 aliphatic heterocycles. The Kier molecular flexibility index (Phi) is 4.76. The van der Waals surface area contributed by atoms with Crippen molar-refractivity contribution < 1.29 is 9.13 Å². The van der Waals surface area contributed by atoms with Gasteiger partial charge in [-0.05, 0) is 43.9 Å². The van der Waals surface area contributed by atoms with E-state index in [2.05, 4.69) is 20.6 Å². The molecule has 5 rings (SSSR count). The third-order valence-corrected chi connectivity index (χ3v) is 5.60. The highest BCUT2D eigenvalue weighted by Gasteiger charge is 2.23. The van der Waals surface area contributed by atoms with E-state index in [-0.39, 0.29) is 18.1 Å². The molecule has 2 aliphatic rings. The summed E-state index contributed by atoms with van der Waals surface area (Å²) in [4.78, 5) is 8.80. The largest absolute Gasteiger partial charge is 0.473 e. The molecule has 1 fully saturated rings. The first kappa shape index (κ1) is 17.9. The van der Waals surface area contributed by atoms with Crippen LogP contribution in [0.3, 0.4) is 0 Å². The molecule has 29 heavy (non-hydrogen) atoms. The summed E-state index contributed by atoms with van der Waals surface area (Å²) in [5.74, 6) is 0.250. The minimum Gasteiger partial charge on any atom is -0.473 e. The van der Waals surface area contributed by atoms with Gasteiger partial charge in [0.15, 0.2) is 0 Å². The lowest BCUT2D eigenvalue weighted by Gasteiger charge is -2.22. The molecular formula is C23H23FN4O. The normalized spacial score (nSPS) is 16.7. The van der Waals surface area contributed by atoms with E-state index in [0.29, 0.717) is 22.7 Å². The summed E-state index contributed by atoms with van der Waals surface area (Å²) in [7, 11) is 0. The summed E-state index contributed by atoms with van der Waals surface area (Å²) < 4.78 is 20.8. The van der Waals surface area contributed by atoms with Crippen molar-refractivity contribution in [2.75, 3.05) is 10.6 Å². The van der Waals surface area contributed by atoms with Crippen LogP contribution in [0.5, 0.6) is 5.88 Å². The first-order valence-electron chi connectivity index (χ1n) is 10.2. The van der Waals surface area contributed by atoms with Crippen LogP contribution in [0.25, 0.3) is 11.3 Å². The molecule has 0 bridgehead atoms. The van der Waals surface area contributed by atoms with Gasteiger partial charge in [0.05, 0.1) is 29.5 Å². The van der Waals surface area contributed by atoms with Crippen molar-refractivity contribution >= 4 is 11.4 Å². The van der Waals surface area contributed by atoms with Gasteiger partial charge in [-0.1, -0.05) is 30.7 Å². The smallest absolute Gasteiger partial charge is 0.232 e. The second kappa shape index (κ2) is 7.70. The standard InChI is InChI=1S/C23H23FN4O/c24-18-12-15(10-11-17(18)23-27-19-8-4-5-9-20(19)28-23)21-13-26-22(14-25-21)29-16-6-2-1-3-7-16/h4-5,8-14,16,23,27-28H,1-3,6-7H2. The number of para-hydroxylation sites is 2. The Morgan fingerprint density at radius 2 is 1.66 bits per heavy atom. The Morgan fingerprint density at radius 1 is 0.897 bits per heavy atom. The van der Waals surface area contributed by atoms with E-state index in [1.54, 1.807) is 18.5 Å². The van der Waals surface area contributed by atoms with Crippen LogP contribution in [0.4, 0.5) is 15.8 Å². The number of hydrogen-bond donors (Lipinski definition) is 2. The molecule has 3 aromatic rings. The Morgan fingerprint density at radius 3 is 2.31 bits per heavy atom. The van der Waals surface area contributed by atoms with Crippen LogP contribution in [0, 0.1) is 5.82 Å². The minimum absolute atomic E-state index is 0.233. The van der Waals surface area contributed by atoms with E-state index in [0.717, 1.165) is 24.2 Å². The number of fused-ring (bicyclic) bond motifs is 1. The van der Waals surface area contributed by atoms with E-state index in [4.69, 9.17) is 4.74 Å². The van der Waals surface area contributed by atoms with Crippen LogP contribution in [0.2, 0.25) is 0 Å². The molecule has 6 heteroatoms. The minimum atomic E-state index is -0.293. The Labute approximate surface area is 169 Å². The third kappa shape index (κ3) is 3.75. The molecule has 0 unspecified atom stereocenters. The molecule has 0 spiro atoms. The van der Waals surface area contributed by atoms with E-state index in [1.807, 2.05) is 30.3 Å². The predicted octanol–water partition coefficient (Wildman–Crippen LogP) is 5.53. The van der Waals surface area contributed by atoms with E-state index >= 15 is 0 Å². The third-order valence-electron chi connectivity index (χ3n) is 5.60. The highest BCUT2D eigenvalue weighted by Crippen LogP contribution is 2.36. The average Bonchev–Trinajstić information content (AvgIpc) is 3.19. The fraction of sp³-hybridized carbons (Fsp3) is 0.304. The molecule has 1 aromatic heterocycles. The zero-order chi connectivity index (χ0) is 19.6. The van der Waals surface area contributed by atoms with Crippen LogP contribution in [0.15, 0.2) is 54.9 Å². The Balaban J connectivity index is 1.30. The number of nitrogens with one attached hydrogen (secondary N) is 2. The maximum Gasteiger partial charge on any atom is 0.232 e. The Hall–Kier alpha value is -3.15. The fourth-order valence-electron chi connectivity index (χ4n) is 4.04. The number of aromatic nitrogens is 2. The van der Waals surface area contributed by atoms with Crippen LogP contribution < -0.4 is 15.4 Å². The van der Waals surface area contributed by atoms with Crippen molar-refractivity contribution in [3.63, 3.8) is 0 Å². The highest BCUT2D eigenvalue weighted by atomic mass is 19.1. The fourth-order valence-corrected chi connectivity index (χ4v) is 4.04. The van der Waals surface area contributed by atoms with Gasteiger partial charge in [0.1, 0.15) is 18.1 Å². The van der Waals surface area contributed by atoms with Crippen LogP contribution >= 0.6 is 0 Å². The molecule has 2 heterocycles. The van der Waals surface area contributed by atoms with Gasteiger partial charge in [-0.15, -0.1) is 0 Å². The summed E-state index contributed by atoms with van der Waals surface area (Å²) in [5, 5.41) is 6.60. The zero-order valence-corrected chi connectivity index (χ0v) is 16.1. The number of ether oxygens (including phenoxy) is 1. The quantitative estimate of drug-likeness (QED) is 0.613. The number of halogens is 1. The molecule has 1 saturated carbocycles. The molecule has 0 amide bonds. The van der Waals surface area contributed by atoms with Crippen LogP contribution in [-0.4, -0.2) is 16.1 Å². The van der Waals surface area contributed by atoms with Gasteiger partial charge in [0.25, 0.3) is 0 Å². The van der Waals surface area contributed by atoms with Crippen molar-refractivity contribution in [2.24, 2.45) is 0 Å². The van der Waals surface area contributed by atoms with Crippen molar-refractivity contribution in [2.45, 2.75) is 44.4 Å². The summed E-state index contributed by atoms with van der Waals surface area (Å²) in [6.07, 6.45) is 9.06. The summed E-state index contributed by atoms with van der Waals surface area (Å²) in [5.41, 5.74) is 3.83. The summed E-state index contributed by atoms with van der Waals surface area (Å²) in [6, 6.07) is 13.0. The van der Waals surface area contributed by atoms with Gasteiger partial charge in [-0.3, -0.25) is 0 Å². The first-order valence-corrected chi connectivity index (χ1v) is 10.2. The van der Waals surface area contributed by atoms with E-state index in [9.17, 15) is 4.39 Å². The summed E-state index contributed by atoms with van der Waals surface area (Å²) >= 11 is 0. The molecule has 2 N–H and O–H groups in total. The number of nitrogens with zero attached hydrogens (tertiary/aromatic N) is 2. The number of anilines is 2. The lowest BCUT2D eigenvalue weighted by Crippen LogP contribution is -2.20. The molecule has 148 valence electrons. The van der Waals surface area contributed by atoms with Crippen molar-refractivity contribution in [1.29, 1.82) is 0 Å². The second-order valence-electron chi connectivity index (χ2n) is 7.62. The molecule has 0 saturated heterocycles. The number of rotatable bonds is 4. The number of hydrogen-bond acceptors (Lipinski definition) is 5. The molecular weight excluding hydrogens is 367 g/mol. The van der Waals surface area contributed by atoms with E-state index < -0.39 is 0 Å². The zero-order valence-electron chi connectivity index (χ0n) is 16.1. The van der Waals surface area contributed by atoms with Crippen molar-refractivity contribution in [3.8, 4) is 17.1 Å². The van der Waals surface area contributed by atoms with Gasteiger partial charge in [-0.2, -0.15) is 0 Å². The maximum atomic E-state index is 14.8. The van der Waals surface area contributed by atoms with Crippen molar-refractivity contribution in [1.82, 2.24) is 9.97 Å². The lowest BCUT2D eigenvalue weighted by atomic mass is 9.98. The first-order chi connectivity index (χ1) is 14.3. The SMILES string of the molecule is Fc1cc(-c2cnc(OC3CCCCC3)cn2)ccc1C1Nc2ccccc2N1. The predicted molar refractivity (Wildman–Crippen MR) is 111 cm³/mol. The van der Waals surface area contributed by atoms with Crippen LogP contribution in [-0.2, 0) is 0 Å². The molecule has 2 aromatic carbocycles. The van der Waals surface area contributed by atoms with Crippen molar-refractivity contribution in [3.05, 3.63) is 66.2 Å². The van der Waals surface area contributed by atoms with Gasteiger partial charge in [-0.25, -0.2) is 14.4 Å². The highest BCUT2D eigenvalue weighted by molar-refractivity contribution is 5.75. The second-order valence-corrected chi connectivity index (χ2v) is 7.62. The average molecular weight is 390 g/mol. The summed E-state index contributed by atoms with van der Waals surface area (Å²) in [6.45, 7) is 0. The van der Waals surface area contributed by atoms with Gasteiger partial charge >= 0.3 is 0 Å². The Bertz CT molecular complexity index is 977. The van der Waals surface area contributed by atoms with Gasteiger partial charge < -0.3 is 15.4 Å². The van der Waals surface area contributed by atoms with Gasteiger partial charge in [0, 0.05) is 11.1 Å². The van der Waals surface area contributed by atoms with E-state index in [1.165, 1.54) is 25.3 Å². The molecule has 0 atom stereocenters. The maximum absolute atomic E-state index is 14.8. The molecule has 1 aliphatic carbocycles.